The third kappa shape index (κ3) is 2.44. The topological polar surface area (TPSA) is 66.1 Å². The van der Waals surface area contributed by atoms with Gasteiger partial charge in [0.25, 0.3) is 10.0 Å². The Morgan fingerprint density at radius 2 is 2.00 bits per heavy atom. The van der Waals surface area contributed by atoms with E-state index in [4.69, 9.17) is 0 Å². The van der Waals surface area contributed by atoms with Crippen molar-refractivity contribution in [2.45, 2.75) is 18.5 Å². The van der Waals surface area contributed by atoms with Crippen molar-refractivity contribution < 1.29 is 8.42 Å². The number of aromatic amines is 1. The summed E-state index contributed by atoms with van der Waals surface area (Å²) in [4.78, 5) is 0. The highest BCUT2D eigenvalue weighted by Gasteiger charge is 2.22. The van der Waals surface area contributed by atoms with Gasteiger partial charge in [-0.15, -0.1) is 0 Å². The molecule has 0 aliphatic carbocycles. The van der Waals surface area contributed by atoms with Crippen LogP contribution >= 0.6 is 0 Å². The molecule has 1 aromatic carbocycles. The Bertz CT molecular complexity index is 621. The van der Waals surface area contributed by atoms with Gasteiger partial charge in [-0.1, -0.05) is 24.3 Å². The molecule has 18 heavy (non-hydrogen) atoms. The predicted molar refractivity (Wildman–Crippen MR) is 68.4 cm³/mol. The summed E-state index contributed by atoms with van der Waals surface area (Å²) in [5, 5.41) is 6.25. The van der Waals surface area contributed by atoms with Crippen LogP contribution in [0.5, 0.6) is 0 Å². The molecule has 5 nitrogen and oxygen atoms in total. The second-order valence-corrected chi connectivity index (χ2v) is 6.12. The molecule has 0 fully saturated rings. The SMILES string of the molecule is Cc1ccccc1CN(C)S(=O)(=O)c1ccn[nH]1. The zero-order valence-corrected chi connectivity index (χ0v) is 11.1. The number of aromatic nitrogens is 2. The Morgan fingerprint density at radius 1 is 1.28 bits per heavy atom. The van der Waals surface area contributed by atoms with E-state index in [2.05, 4.69) is 10.2 Å². The number of nitrogens with one attached hydrogen (secondary N) is 1. The van der Waals surface area contributed by atoms with Gasteiger partial charge in [-0.2, -0.15) is 9.40 Å². The van der Waals surface area contributed by atoms with E-state index in [1.54, 1.807) is 7.05 Å². The van der Waals surface area contributed by atoms with Gasteiger partial charge >= 0.3 is 0 Å². The molecule has 1 N–H and O–H groups in total. The number of H-pyrrole nitrogens is 1. The second kappa shape index (κ2) is 4.91. The lowest BCUT2D eigenvalue weighted by Gasteiger charge is -2.17. The predicted octanol–water partition coefficient (Wildman–Crippen LogP) is 1.54. The molecule has 1 aromatic heterocycles. The molecule has 0 bridgehead atoms. The summed E-state index contributed by atoms with van der Waals surface area (Å²) in [5.74, 6) is 0. The van der Waals surface area contributed by atoms with Crippen molar-refractivity contribution in [3.8, 4) is 0 Å². The van der Waals surface area contributed by atoms with E-state index in [-0.39, 0.29) is 5.03 Å². The Kier molecular flexibility index (Phi) is 3.49. The first-order chi connectivity index (χ1) is 8.51. The highest BCUT2D eigenvalue weighted by molar-refractivity contribution is 7.89. The maximum Gasteiger partial charge on any atom is 0.260 e. The van der Waals surface area contributed by atoms with Gasteiger partial charge in [-0.3, -0.25) is 5.10 Å². The van der Waals surface area contributed by atoms with Crippen molar-refractivity contribution in [3.05, 3.63) is 47.7 Å². The Balaban J connectivity index is 2.24. The van der Waals surface area contributed by atoms with Crippen LogP contribution in [-0.4, -0.2) is 30.0 Å². The summed E-state index contributed by atoms with van der Waals surface area (Å²) < 4.78 is 25.6. The highest BCUT2D eigenvalue weighted by Crippen LogP contribution is 2.16. The van der Waals surface area contributed by atoms with Crippen LogP contribution in [0.3, 0.4) is 0 Å². The van der Waals surface area contributed by atoms with Crippen molar-refractivity contribution in [2.75, 3.05) is 7.05 Å². The first-order valence-electron chi connectivity index (χ1n) is 5.52. The van der Waals surface area contributed by atoms with Gasteiger partial charge in [0, 0.05) is 13.6 Å². The lowest BCUT2D eigenvalue weighted by molar-refractivity contribution is 0.463. The summed E-state index contributed by atoms with van der Waals surface area (Å²) in [6.07, 6.45) is 1.43. The lowest BCUT2D eigenvalue weighted by Crippen LogP contribution is -2.27. The molecule has 0 atom stereocenters. The van der Waals surface area contributed by atoms with Gasteiger partial charge in [0.15, 0.2) is 5.03 Å². The van der Waals surface area contributed by atoms with E-state index in [1.807, 2.05) is 31.2 Å². The number of sulfonamides is 1. The molecule has 96 valence electrons. The Morgan fingerprint density at radius 3 is 2.61 bits per heavy atom. The van der Waals surface area contributed by atoms with E-state index in [0.29, 0.717) is 6.54 Å². The molecule has 0 saturated heterocycles. The maximum absolute atomic E-state index is 12.2. The molecule has 0 saturated carbocycles. The van der Waals surface area contributed by atoms with Crippen LogP contribution in [0, 0.1) is 6.92 Å². The minimum atomic E-state index is -3.50. The number of benzene rings is 1. The normalized spacial score (nSPS) is 11.9. The zero-order valence-electron chi connectivity index (χ0n) is 10.3. The average Bonchev–Trinajstić information content (AvgIpc) is 2.86. The van der Waals surface area contributed by atoms with E-state index in [1.165, 1.54) is 16.6 Å². The molecule has 2 aromatic rings. The fraction of sp³-hybridized carbons (Fsp3) is 0.250. The van der Waals surface area contributed by atoms with E-state index < -0.39 is 10.0 Å². The zero-order chi connectivity index (χ0) is 13.2. The highest BCUT2D eigenvalue weighted by atomic mass is 32.2. The fourth-order valence-electron chi connectivity index (χ4n) is 1.67. The molecular weight excluding hydrogens is 250 g/mol. The minimum absolute atomic E-state index is 0.110. The molecule has 6 heteroatoms. The molecule has 0 aliphatic rings. The van der Waals surface area contributed by atoms with Crippen LogP contribution in [0.4, 0.5) is 0 Å². The second-order valence-electron chi connectivity index (χ2n) is 4.11. The molecule has 1 heterocycles. The number of nitrogens with zero attached hydrogens (tertiary/aromatic N) is 2. The number of hydrogen-bond acceptors (Lipinski definition) is 3. The summed E-state index contributed by atoms with van der Waals surface area (Å²) in [5.41, 5.74) is 2.06. The summed E-state index contributed by atoms with van der Waals surface area (Å²) >= 11 is 0. The quantitative estimate of drug-likeness (QED) is 0.912. The largest absolute Gasteiger partial charge is 0.266 e. The third-order valence-corrected chi connectivity index (χ3v) is 4.55. The summed E-state index contributed by atoms with van der Waals surface area (Å²) in [6, 6.07) is 9.17. The first-order valence-corrected chi connectivity index (χ1v) is 6.96. The smallest absolute Gasteiger partial charge is 0.260 e. The van der Waals surface area contributed by atoms with Gasteiger partial charge in [-0.25, -0.2) is 8.42 Å². The van der Waals surface area contributed by atoms with Crippen molar-refractivity contribution in [3.63, 3.8) is 0 Å². The monoisotopic (exact) mass is 265 g/mol. The standard InChI is InChI=1S/C12H15N3O2S/c1-10-5-3-4-6-11(10)9-15(2)18(16,17)12-7-8-13-14-12/h3-8H,9H2,1-2H3,(H,13,14). The van der Waals surface area contributed by atoms with Crippen LogP contribution in [0.15, 0.2) is 41.6 Å². The number of rotatable bonds is 4. The van der Waals surface area contributed by atoms with Crippen molar-refractivity contribution in [1.29, 1.82) is 0 Å². The van der Waals surface area contributed by atoms with E-state index in [0.717, 1.165) is 11.1 Å². The Hall–Kier alpha value is -1.66. The van der Waals surface area contributed by atoms with Crippen molar-refractivity contribution in [1.82, 2.24) is 14.5 Å². The van der Waals surface area contributed by atoms with Gasteiger partial charge < -0.3 is 0 Å². The number of hydrogen-bond donors (Lipinski definition) is 1. The number of aryl methyl sites for hydroxylation is 1. The van der Waals surface area contributed by atoms with Crippen LogP contribution in [0.2, 0.25) is 0 Å². The van der Waals surface area contributed by atoms with Crippen LogP contribution < -0.4 is 0 Å². The lowest BCUT2D eigenvalue weighted by atomic mass is 10.1. The van der Waals surface area contributed by atoms with Crippen LogP contribution in [0.25, 0.3) is 0 Å². The molecule has 0 unspecified atom stereocenters. The van der Waals surface area contributed by atoms with Crippen molar-refractivity contribution in [2.24, 2.45) is 0 Å². The molecule has 0 radical (unpaired) electrons. The summed E-state index contributed by atoms with van der Waals surface area (Å²) in [7, 11) is -1.94. The van der Waals surface area contributed by atoms with E-state index >= 15 is 0 Å². The van der Waals surface area contributed by atoms with Crippen LogP contribution in [0.1, 0.15) is 11.1 Å². The minimum Gasteiger partial charge on any atom is -0.266 e. The molecule has 0 spiro atoms. The van der Waals surface area contributed by atoms with Gasteiger partial charge in [0.1, 0.15) is 0 Å². The van der Waals surface area contributed by atoms with E-state index in [9.17, 15) is 8.42 Å². The average molecular weight is 265 g/mol. The van der Waals surface area contributed by atoms with Gasteiger partial charge in [-0.05, 0) is 24.1 Å². The molecule has 0 aliphatic heterocycles. The molecule has 0 amide bonds. The van der Waals surface area contributed by atoms with Crippen molar-refractivity contribution >= 4 is 10.0 Å². The third-order valence-electron chi connectivity index (χ3n) is 2.82. The van der Waals surface area contributed by atoms with Crippen LogP contribution in [-0.2, 0) is 16.6 Å². The molecular formula is C12H15N3O2S. The first kappa shape index (κ1) is 12.8. The fourth-order valence-corrected chi connectivity index (χ4v) is 2.71. The maximum atomic E-state index is 12.2. The summed E-state index contributed by atoms with van der Waals surface area (Å²) in [6.45, 7) is 2.31. The van der Waals surface area contributed by atoms with Gasteiger partial charge in [0.2, 0.25) is 0 Å². The van der Waals surface area contributed by atoms with Gasteiger partial charge in [0.05, 0.1) is 6.20 Å². The molecule has 2 rings (SSSR count). The Labute approximate surface area is 107 Å².